The summed E-state index contributed by atoms with van der Waals surface area (Å²) in [4.78, 5) is 13.3. The van der Waals surface area contributed by atoms with E-state index in [1.54, 1.807) is 4.90 Å². The number of carbonyl (C=O) groups is 1. The second-order valence-electron chi connectivity index (χ2n) is 4.62. The molecule has 0 aliphatic heterocycles. The van der Waals surface area contributed by atoms with E-state index in [1.165, 1.54) is 31.3 Å². The molecule has 1 aliphatic carbocycles. The van der Waals surface area contributed by atoms with Crippen molar-refractivity contribution in [2.75, 3.05) is 19.7 Å². The van der Waals surface area contributed by atoms with Crippen LogP contribution in [-0.2, 0) is 0 Å². The lowest BCUT2D eigenvalue weighted by Crippen LogP contribution is -2.39. The largest absolute Gasteiger partial charge is 0.395 e. The Labute approximate surface area is 104 Å². The lowest BCUT2D eigenvalue weighted by molar-refractivity contribution is 0.183. The minimum atomic E-state index is -0.126. The molecule has 0 aromatic heterocycles. The van der Waals surface area contributed by atoms with E-state index in [0.29, 0.717) is 19.0 Å². The Balaban J connectivity index is 2.41. The molecule has 0 bridgehead atoms. The van der Waals surface area contributed by atoms with E-state index in [-0.39, 0.29) is 12.6 Å². The number of nitrogens with zero attached hydrogens (tertiary/aromatic N) is 1. The molecule has 1 rings (SSSR count). The van der Waals surface area contributed by atoms with E-state index in [2.05, 4.69) is 12.2 Å². The zero-order valence-electron chi connectivity index (χ0n) is 10.9. The predicted molar refractivity (Wildman–Crippen MR) is 68.6 cm³/mol. The quantitative estimate of drug-likeness (QED) is 0.773. The fraction of sp³-hybridized carbons (Fsp3) is 0.769. The van der Waals surface area contributed by atoms with Gasteiger partial charge in [0.1, 0.15) is 0 Å². The number of likely N-dealkylation sites (N-methyl/N-ethyl adjacent to an activating group) is 1. The SMILES string of the molecule is CCN(CCO)C(=O)N/C=C(\C)C1CCCC1. The summed E-state index contributed by atoms with van der Waals surface area (Å²) in [6, 6.07) is -0.126. The lowest BCUT2D eigenvalue weighted by atomic mass is 10.0. The molecule has 0 saturated heterocycles. The average Bonchev–Trinajstić information content (AvgIpc) is 2.86. The van der Waals surface area contributed by atoms with Gasteiger partial charge in [0.2, 0.25) is 0 Å². The zero-order valence-corrected chi connectivity index (χ0v) is 10.9. The van der Waals surface area contributed by atoms with Crippen LogP contribution in [0.5, 0.6) is 0 Å². The van der Waals surface area contributed by atoms with Crippen LogP contribution in [0.3, 0.4) is 0 Å². The lowest BCUT2D eigenvalue weighted by Gasteiger charge is -2.19. The van der Waals surface area contributed by atoms with E-state index in [9.17, 15) is 4.79 Å². The van der Waals surface area contributed by atoms with Crippen LogP contribution in [0.2, 0.25) is 0 Å². The minimum absolute atomic E-state index is 0.00653. The van der Waals surface area contributed by atoms with Crippen molar-refractivity contribution in [3.8, 4) is 0 Å². The number of nitrogens with one attached hydrogen (secondary N) is 1. The van der Waals surface area contributed by atoms with Crippen LogP contribution in [0.1, 0.15) is 39.5 Å². The van der Waals surface area contributed by atoms with Crippen molar-refractivity contribution >= 4 is 6.03 Å². The number of urea groups is 1. The molecular weight excluding hydrogens is 216 g/mol. The Hall–Kier alpha value is -1.03. The zero-order chi connectivity index (χ0) is 12.7. The first-order valence-corrected chi connectivity index (χ1v) is 6.52. The maximum absolute atomic E-state index is 11.7. The first kappa shape index (κ1) is 14.0. The van der Waals surface area contributed by atoms with Gasteiger partial charge in [-0.15, -0.1) is 0 Å². The number of hydrogen-bond acceptors (Lipinski definition) is 2. The maximum Gasteiger partial charge on any atom is 0.321 e. The monoisotopic (exact) mass is 240 g/mol. The molecule has 1 aliphatic rings. The smallest absolute Gasteiger partial charge is 0.321 e. The van der Waals surface area contributed by atoms with Crippen LogP contribution in [0.25, 0.3) is 0 Å². The molecule has 0 spiro atoms. The van der Waals surface area contributed by atoms with Gasteiger partial charge in [-0.2, -0.15) is 0 Å². The first-order valence-electron chi connectivity index (χ1n) is 6.52. The summed E-state index contributed by atoms with van der Waals surface area (Å²) in [6.07, 6.45) is 6.92. The molecule has 4 nitrogen and oxygen atoms in total. The predicted octanol–water partition coefficient (Wildman–Crippen LogP) is 2.10. The molecule has 1 saturated carbocycles. The highest BCUT2D eigenvalue weighted by atomic mass is 16.3. The number of allylic oxidation sites excluding steroid dienone is 1. The highest BCUT2D eigenvalue weighted by Gasteiger charge is 2.17. The maximum atomic E-state index is 11.7. The Kier molecular flexibility index (Phi) is 6.05. The summed E-state index contributed by atoms with van der Waals surface area (Å²) < 4.78 is 0. The molecule has 98 valence electrons. The highest BCUT2D eigenvalue weighted by Crippen LogP contribution is 2.30. The van der Waals surface area contributed by atoms with E-state index in [0.717, 1.165) is 0 Å². The van der Waals surface area contributed by atoms with Gasteiger partial charge in [-0.1, -0.05) is 18.4 Å². The van der Waals surface area contributed by atoms with Crippen molar-refractivity contribution < 1.29 is 9.90 Å². The normalized spacial score (nSPS) is 17.2. The van der Waals surface area contributed by atoms with Crippen molar-refractivity contribution in [3.63, 3.8) is 0 Å². The third-order valence-corrected chi connectivity index (χ3v) is 3.46. The third-order valence-electron chi connectivity index (χ3n) is 3.46. The van der Waals surface area contributed by atoms with E-state index in [4.69, 9.17) is 5.11 Å². The fourth-order valence-corrected chi connectivity index (χ4v) is 2.29. The van der Waals surface area contributed by atoms with Crippen LogP contribution in [0.15, 0.2) is 11.8 Å². The van der Waals surface area contributed by atoms with Crippen molar-refractivity contribution in [1.29, 1.82) is 0 Å². The fourth-order valence-electron chi connectivity index (χ4n) is 2.29. The molecule has 17 heavy (non-hydrogen) atoms. The van der Waals surface area contributed by atoms with Crippen molar-refractivity contribution in [3.05, 3.63) is 11.8 Å². The summed E-state index contributed by atoms with van der Waals surface area (Å²) >= 11 is 0. The number of amides is 2. The molecule has 2 amide bonds. The van der Waals surface area contributed by atoms with Crippen molar-refractivity contribution in [2.45, 2.75) is 39.5 Å². The summed E-state index contributed by atoms with van der Waals surface area (Å²) in [5, 5.41) is 11.6. The number of hydrogen-bond donors (Lipinski definition) is 2. The van der Waals surface area contributed by atoms with Gasteiger partial charge in [0.15, 0.2) is 0 Å². The van der Waals surface area contributed by atoms with Gasteiger partial charge in [-0.05, 0) is 32.6 Å². The van der Waals surface area contributed by atoms with Crippen LogP contribution in [0, 0.1) is 5.92 Å². The number of aliphatic hydroxyl groups excluding tert-OH is 1. The van der Waals surface area contributed by atoms with Gasteiger partial charge >= 0.3 is 6.03 Å². The Morgan fingerprint density at radius 3 is 2.65 bits per heavy atom. The summed E-state index contributed by atoms with van der Waals surface area (Å²) in [5.74, 6) is 0.642. The van der Waals surface area contributed by atoms with E-state index in [1.807, 2.05) is 13.1 Å². The van der Waals surface area contributed by atoms with Gasteiger partial charge in [-0.25, -0.2) is 4.79 Å². The number of aliphatic hydroxyl groups is 1. The molecule has 0 radical (unpaired) electrons. The molecular formula is C13H24N2O2. The van der Waals surface area contributed by atoms with Gasteiger partial charge in [0.25, 0.3) is 0 Å². The molecule has 0 aromatic carbocycles. The Morgan fingerprint density at radius 1 is 1.47 bits per heavy atom. The molecule has 0 unspecified atom stereocenters. The van der Waals surface area contributed by atoms with Gasteiger partial charge < -0.3 is 15.3 Å². The standard InChI is InChI=1S/C13H24N2O2/c1-3-15(8-9-16)13(17)14-10-11(2)12-6-4-5-7-12/h10,12,16H,3-9H2,1-2H3,(H,14,17)/b11-10+. The topological polar surface area (TPSA) is 52.6 Å². The molecule has 2 N–H and O–H groups in total. The molecule has 0 heterocycles. The minimum Gasteiger partial charge on any atom is -0.395 e. The second kappa shape index (κ2) is 7.33. The average molecular weight is 240 g/mol. The molecule has 0 atom stereocenters. The number of rotatable bonds is 5. The van der Waals surface area contributed by atoms with Crippen LogP contribution >= 0.6 is 0 Å². The van der Waals surface area contributed by atoms with Crippen molar-refractivity contribution in [1.82, 2.24) is 10.2 Å². The second-order valence-corrected chi connectivity index (χ2v) is 4.62. The molecule has 0 aromatic rings. The van der Waals surface area contributed by atoms with Crippen LogP contribution in [-0.4, -0.2) is 35.7 Å². The van der Waals surface area contributed by atoms with Crippen molar-refractivity contribution in [2.24, 2.45) is 5.92 Å². The summed E-state index contributed by atoms with van der Waals surface area (Å²) in [7, 11) is 0. The Bertz CT molecular complexity index is 271. The van der Waals surface area contributed by atoms with Gasteiger partial charge in [0.05, 0.1) is 6.61 Å². The van der Waals surface area contributed by atoms with E-state index < -0.39 is 0 Å². The number of carbonyl (C=O) groups excluding carboxylic acids is 1. The highest BCUT2D eigenvalue weighted by molar-refractivity contribution is 5.75. The molecule has 1 fully saturated rings. The summed E-state index contributed by atoms with van der Waals surface area (Å²) in [5.41, 5.74) is 1.26. The van der Waals surface area contributed by atoms with Gasteiger partial charge in [-0.3, -0.25) is 0 Å². The van der Waals surface area contributed by atoms with Gasteiger partial charge in [0, 0.05) is 19.3 Å². The van der Waals surface area contributed by atoms with Crippen LogP contribution < -0.4 is 5.32 Å². The molecule has 4 heteroatoms. The van der Waals surface area contributed by atoms with E-state index >= 15 is 0 Å². The Morgan fingerprint density at radius 2 is 2.12 bits per heavy atom. The first-order chi connectivity index (χ1) is 8.19. The van der Waals surface area contributed by atoms with Crippen LogP contribution in [0.4, 0.5) is 4.79 Å². The third kappa shape index (κ3) is 4.38. The summed E-state index contributed by atoms with van der Waals surface area (Å²) in [6.45, 7) is 5.00.